The number of hydrogen-bond donors (Lipinski definition) is 0. The highest BCUT2D eigenvalue weighted by atomic mass is 32.2. The van der Waals surface area contributed by atoms with E-state index in [2.05, 4.69) is 29.6 Å². The summed E-state index contributed by atoms with van der Waals surface area (Å²) in [5.41, 5.74) is 1.78. The number of ether oxygens (including phenoxy) is 1. The molecule has 1 saturated heterocycles. The van der Waals surface area contributed by atoms with Gasteiger partial charge in [0.15, 0.2) is 0 Å². The maximum Gasteiger partial charge on any atom is 0.0784 e. The van der Waals surface area contributed by atoms with E-state index >= 15 is 0 Å². The van der Waals surface area contributed by atoms with Gasteiger partial charge in [0.2, 0.25) is 0 Å². The Hall–Kier alpha value is -0.0200. The summed E-state index contributed by atoms with van der Waals surface area (Å²) in [6, 6.07) is 0. The molecule has 2 rings (SSSR count). The molecule has 0 amide bonds. The van der Waals surface area contributed by atoms with Gasteiger partial charge < -0.3 is 4.74 Å². The largest absolute Gasteiger partial charge is 0.505 e. The number of methoxy groups -OCH3 is 1. The Morgan fingerprint density at radius 2 is 2.12 bits per heavy atom. The first kappa shape index (κ1) is 13.4. The fourth-order valence-electron chi connectivity index (χ4n) is 2.58. The number of allylic oxidation sites excluding steroid dienone is 2. The van der Waals surface area contributed by atoms with Crippen LogP contribution >= 0.6 is 23.5 Å². The van der Waals surface area contributed by atoms with Crippen molar-refractivity contribution in [2.45, 2.75) is 38.5 Å². The first-order valence-electron chi connectivity index (χ1n) is 6.58. The second-order valence-electron chi connectivity index (χ2n) is 4.64. The Kier molecular flexibility index (Phi) is 5.86. The predicted molar refractivity (Wildman–Crippen MR) is 79.3 cm³/mol. The zero-order valence-corrected chi connectivity index (χ0v) is 12.2. The summed E-state index contributed by atoms with van der Waals surface area (Å²) in [6.07, 6.45) is 12.0. The van der Waals surface area contributed by atoms with Gasteiger partial charge in [0.05, 0.1) is 13.4 Å². The molecule has 0 aromatic carbocycles. The van der Waals surface area contributed by atoms with Crippen LogP contribution in [0.5, 0.6) is 0 Å². The molecule has 0 spiro atoms. The highest BCUT2D eigenvalue weighted by molar-refractivity contribution is 8.22. The topological polar surface area (TPSA) is 9.23 Å². The van der Waals surface area contributed by atoms with Crippen molar-refractivity contribution in [3.63, 3.8) is 0 Å². The second-order valence-corrected chi connectivity index (χ2v) is 7.11. The molecule has 0 bridgehead atoms. The average Bonchev–Trinajstić information content (AvgIpc) is 2.84. The van der Waals surface area contributed by atoms with Crippen LogP contribution in [0.4, 0.5) is 0 Å². The Balaban J connectivity index is 1.89. The minimum absolute atomic E-state index is 0.851. The van der Waals surface area contributed by atoms with Crippen LogP contribution in [-0.2, 0) is 4.74 Å². The monoisotopic (exact) mass is 270 g/mol. The fourth-order valence-corrected chi connectivity index (χ4v) is 5.45. The van der Waals surface area contributed by atoms with Crippen molar-refractivity contribution in [1.82, 2.24) is 0 Å². The summed E-state index contributed by atoms with van der Waals surface area (Å²) in [4.78, 5) is 0. The number of hydrogen-bond acceptors (Lipinski definition) is 3. The zero-order chi connectivity index (χ0) is 11.9. The van der Waals surface area contributed by atoms with Crippen molar-refractivity contribution in [3.8, 4) is 0 Å². The molecule has 2 aliphatic rings. The first-order chi connectivity index (χ1) is 8.42. The van der Waals surface area contributed by atoms with Gasteiger partial charge in [-0.3, -0.25) is 0 Å². The molecule has 0 N–H and O–H groups in total. The van der Waals surface area contributed by atoms with Crippen molar-refractivity contribution in [3.05, 3.63) is 22.1 Å². The van der Waals surface area contributed by atoms with Gasteiger partial charge in [-0.05, 0) is 67.6 Å². The molecule has 3 heteroatoms. The van der Waals surface area contributed by atoms with Gasteiger partial charge in [0.1, 0.15) is 0 Å². The molecule has 0 aromatic heterocycles. The van der Waals surface area contributed by atoms with Crippen LogP contribution in [-0.4, -0.2) is 18.6 Å². The van der Waals surface area contributed by atoms with E-state index in [1.807, 2.05) is 6.26 Å². The molecular formula is C14H22OS2. The Morgan fingerprint density at radius 1 is 1.29 bits per heavy atom. The molecule has 1 aliphatic heterocycles. The maximum absolute atomic E-state index is 4.95. The molecule has 1 unspecified atom stereocenters. The second kappa shape index (κ2) is 7.42. The molecule has 96 valence electrons. The van der Waals surface area contributed by atoms with E-state index < -0.39 is 0 Å². The highest BCUT2D eigenvalue weighted by Crippen LogP contribution is 2.45. The lowest BCUT2D eigenvalue weighted by Gasteiger charge is -2.19. The van der Waals surface area contributed by atoms with Gasteiger partial charge in [0, 0.05) is 4.24 Å². The summed E-state index contributed by atoms with van der Waals surface area (Å²) in [5.74, 6) is 3.52. The molecule has 1 aliphatic carbocycles. The molecular weight excluding hydrogens is 248 g/mol. The summed E-state index contributed by atoms with van der Waals surface area (Å²) >= 11 is 4.22. The van der Waals surface area contributed by atoms with Crippen LogP contribution in [0.3, 0.4) is 0 Å². The van der Waals surface area contributed by atoms with Gasteiger partial charge in [-0.2, -0.15) is 0 Å². The predicted octanol–water partition coefficient (Wildman–Crippen LogP) is 4.81. The zero-order valence-electron chi connectivity index (χ0n) is 10.6. The molecule has 1 atom stereocenters. The van der Waals surface area contributed by atoms with Crippen molar-refractivity contribution in [2.75, 3.05) is 18.6 Å². The van der Waals surface area contributed by atoms with Crippen LogP contribution < -0.4 is 0 Å². The van der Waals surface area contributed by atoms with Gasteiger partial charge >= 0.3 is 0 Å². The van der Waals surface area contributed by atoms with E-state index in [1.54, 1.807) is 16.9 Å². The lowest BCUT2D eigenvalue weighted by atomic mass is 9.98. The normalized spacial score (nSPS) is 25.8. The Bertz CT molecular complexity index is 289. The van der Waals surface area contributed by atoms with Gasteiger partial charge in [-0.1, -0.05) is 0 Å². The van der Waals surface area contributed by atoms with Crippen molar-refractivity contribution < 1.29 is 4.74 Å². The third kappa shape index (κ3) is 3.99. The van der Waals surface area contributed by atoms with Crippen LogP contribution in [0, 0.1) is 5.92 Å². The van der Waals surface area contributed by atoms with E-state index in [0.717, 1.165) is 12.3 Å². The Labute approximate surface area is 113 Å². The smallest absolute Gasteiger partial charge is 0.0784 e. The first-order valence-corrected chi connectivity index (χ1v) is 8.55. The molecule has 1 saturated carbocycles. The van der Waals surface area contributed by atoms with Crippen molar-refractivity contribution in [2.24, 2.45) is 5.92 Å². The van der Waals surface area contributed by atoms with E-state index in [0.29, 0.717) is 0 Å². The van der Waals surface area contributed by atoms with Crippen molar-refractivity contribution in [1.29, 1.82) is 0 Å². The minimum atomic E-state index is 0.851. The van der Waals surface area contributed by atoms with Crippen LogP contribution in [0.1, 0.15) is 38.5 Å². The average molecular weight is 270 g/mol. The van der Waals surface area contributed by atoms with Gasteiger partial charge in [-0.15, -0.1) is 23.5 Å². The van der Waals surface area contributed by atoms with Crippen LogP contribution in [0.15, 0.2) is 22.1 Å². The highest BCUT2D eigenvalue weighted by Gasteiger charge is 2.24. The lowest BCUT2D eigenvalue weighted by Crippen LogP contribution is -2.01. The SMILES string of the molecule is CO/C=C/CCC1CCCC1=C1SCCCS1. The van der Waals surface area contributed by atoms with Crippen molar-refractivity contribution >= 4 is 23.5 Å². The molecule has 0 aromatic rings. The van der Waals surface area contributed by atoms with Gasteiger partial charge in [-0.25, -0.2) is 0 Å². The summed E-state index contributed by atoms with van der Waals surface area (Å²) in [6.45, 7) is 0. The summed E-state index contributed by atoms with van der Waals surface area (Å²) in [5, 5.41) is 0. The standard InChI is InChI=1S/C14H22OS2/c1-15-9-3-2-6-12-7-4-8-13(12)14-16-10-5-11-17-14/h3,9,12H,2,4-8,10-11H2,1H3/b9-3+. The van der Waals surface area contributed by atoms with E-state index in [1.165, 1.54) is 43.6 Å². The summed E-state index contributed by atoms with van der Waals surface area (Å²) in [7, 11) is 1.72. The molecule has 1 nitrogen and oxygen atoms in total. The van der Waals surface area contributed by atoms with Crippen LogP contribution in [0.2, 0.25) is 0 Å². The molecule has 0 radical (unpaired) electrons. The molecule has 17 heavy (non-hydrogen) atoms. The van der Waals surface area contributed by atoms with E-state index in [-0.39, 0.29) is 0 Å². The van der Waals surface area contributed by atoms with E-state index in [4.69, 9.17) is 4.74 Å². The van der Waals surface area contributed by atoms with Gasteiger partial charge in [0.25, 0.3) is 0 Å². The number of thioether (sulfide) groups is 2. The minimum Gasteiger partial charge on any atom is -0.505 e. The maximum atomic E-state index is 4.95. The van der Waals surface area contributed by atoms with Crippen LogP contribution in [0.25, 0.3) is 0 Å². The quantitative estimate of drug-likeness (QED) is 0.679. The third-order valence-electron chi connectivity index (χ3n) is 3.42. The third-order valence-corrected chi connectivity index (χ3v) is 6.16. The molecule has 1 heterocycles. The molecule has 2 fully saturated rings. The Morgan fingerprint density at radius 3 is 2.88 bits per heavy atom. The fraction of sp³-hybridized carbons (Fsp3) is 0.714. The lowest BCUT2D eigenvalue weighted by molar-refractivity contribution is 0.336. The number of rotatable bonds is 4. The van der Waals surface area contributed by atoms with E-state index in [9.17, 15) is 0 Å². The summed E-state index contributed by atoms with van der Waals surface area (Å²) < 4.78 is 6.62.